The molecule has 0 bridgehead atoms. The first-order valence-electron chi connectivity index (χ1n) is 6.68. The summed E-state index contributed by atoms with van der Waals surface area (Å²) >= 11 is 0. The smallest absolute Gasteiger partial charge is 0.322 e. The highest BCUT2D eigenvalue weighted by atomic mass is 16.5. The molecule has 3 N–H and O–H groups in total. The van der Waals surface area contributed by atoms with Crippen LogP contribution in [0.5, 0.6) is 17.2 Å². The van der Waals surface area contributed by atoms with Gasteiger partial charge in [0.25, 0.3) is 0 Å². The fourth-order valence-electron chi connectivity index (χ4n) is 1.91. The molecule has 0 aromatic heterocycles. The van der Waals surface area contributed by atoms with Crippen LogP contribution < -0.4 is 19.5 Å². The lowest BCUT2D eigenvalue weighted by molar-refractivity contribution is 0.167. The van der Waals surface area contributed by atoms with Crippen molar-refractivity contribution in [2.24, 2.45) is 0 Å². The molecule has 22 heavy (non-hydrogen) atoms. The third-order valence-corrected chi connectivity index (χ3v) is 2.94. The molecule has 124 valence electrons. The molecule has 0 radical (unpaired) electrons. The minimum atomic E-state index is -0.447. The van der Waals surface area contributed by atoms with E-state index in [0.717, 1.165) is 0 Å². The largest absolute Gasteiger partial charge is 0.493 e. The minimum Gasteiger partial charge on any atom is -0.493 e. The second-order valence-corrected chi connectivity index (χ2v) is 4.28. The molecule has 1 aromatic carbocycles. The Labute approximate surface area is 129 Å². The van der Waals surface area contributed by atoms with Gasteiger partial charge in [-0.3, -0.25) is 0 Å². The number of amides is 2. The summed E-state index contributed by atoms with van der Waals surface area (Å²) in [5.41, 5.74) is 0.445. The van der Waals surface area contributed by atoms with Crippen molar-refractivity contribution in [1.29, 1.82) is 0 Å². The van der Waals surface area contributed by atoms with Crippen molar-refractivity contribution in [2.75, 3.05) is 52.9 Å². The molecule has 0 saturated carbocycles. The van der Waals surface area contributed by atoms with Gasteiger partial charge in [0.1, 0.15) is 0 Å². The lowest BCUT2D eigenvalue weighted by Crippen LogP contribution is -2.38. The lowest BCUT2D eigenvalue weighted by atomic mass is 10.2. The third kappa shape index (κ3) is 4.40. The van der Waals surface area contributed by atoms with E-state index in [1.165, 1.54) is 26.2 Å². The number of benzene rings is 1. The number of hydrogen-bond donors (Lipinski definition) is 3. The molecule has 0 unspecified atom stereocenters. The molecular weight excluding hydrogens is 292 g/mol. The summed E-state index contributed by atoms with van der Waals surface area (Å²) in [6.07, 6.45) is 0. The minimum absolute atomic E-state index is 0.122. The normalized spacial score (nSPS) is 10.0. The number of nitrogens with one attached hydrogen (secondary N) is 1. The van der Waals surface area contributed by atoms with Gasteiger partial charge in [-0.1, -0.05) is 0 Å². The van der Waals surface area contributed by atoms with Crippen molar-refractivity contribution in [3.63, 3.8) is 0 Å². The summed E-state index contributed by atoms with van der Waals surface area (Å²) in [6.45, 7) is -0.140. The van der Waals surface area contributed by atoms with E-state index >= 15 is 0 Å². The molecule has 0 fully saturated rings. The Kier molecular flexibility index (Phi) is 7.27. The van der Waals surface area contributed by atoms with Crippen molar-refractivity contribution in [1.82, 2.24) is 4.90 Å². The number of aliphatic hydroxyl groups excluding tert-OH is 2. The Morgan fingerprint density at radius 2 is 1.55 bits per heavy atom. The predicted molar refractivity (Wildman–Crippen MR) is 80.9 cm³/mol. The number of carbonyl (C=O) groups excluding carboxylic acids is 1. The maximum Gasteiger partial charge on any atom is 0.322 e. The van der Waals surface area contributed by atoms with Crippen LogP contribution in [0.25, 0.3) is 0 Å². The van der Waals surface area contributed by atoms with Crippen LogP contribution in [0, 0.1) is 0 Å². The van der Waals surface area contributed by atoms with Gasteiger partial charge in [-0.05, 0) is 0 Å². The second-order valence-electron chi connectivity index (χ2n) is 4.28. The van der Waals surface area contributed by atoms with E-state index in [-0.39, 0.29) is 26.3 Å². The van der Waals surface area contributed by atoms with Gasteiger partial charge in [-0.25, -0.2) is 4.79 Å². The molecule has 0 spiro atoms. The fourth-order valence-corrected chi connectivity index (χ4v) is 1.91. The van der Waals surface area contributed by atoms with E-state index < -0.39 is 6.03 Å². The van der Waals surface area contributed by atoms with Crippen LogP contribution in [0.2, 0.25) is 0 Å². The standard InChI is InChI=1S/C14H22N2O6/c1-20-11-8-10(9-12(21-2)13(11)22-3)15-14(19)16(4-6-17)5-7-18/h8-9,17-18H,4-7H2,1-3H3,(H,15,19). The molecule has 0 heterocycles. The van der Waals surface area contributed by atoms with E-state index in [1.54, 1.807) is 12.1 Å². The molecular formula is C14H22N2O6. The maximum absolute atomic E-state index is 12.1. The average Bonchev–Trinajstić information content (AvgIpc) is 2.53. The summed E-state index contributed by atoms with van der Waals surface area (Å²) in [5, 5.41) is 20.6. The van der Waals surface area contributed by atoms with Gasteiger partial charge in [0.15, 0.2) is 11.5 Å². The number of aliphatic hydroxyl groups is 2. The monoisotopic (exact) mass is 314 g/mol. The highest BCUT2D eigenvalue weighted by molar-refractivity contribution is 5.90. The summed E-state index contributed by atoms with van der Waals surface area (Å²) in [5.74, 6) is 1.24. The average molecular weight is 314 g/mol. The van der Waals surface area contributed by atoms with Crippen molar-refractivity contribution < 1.29 is 29.2 Å². The molecule has 1 rings (SSSR count). The molecule has 8 heteroatoms. The zero-order valence-corrected chi connectivity index (χ0v) is 13.0. The molecule has 0 aliphatic carbocycles. The highest BCUT2D eigenvalue weighted by Crippen LogP contribution is 2.39. The first kappa shape index (κ1) is 17.9. The Hall–Kier alpha value is -2.19. The van der Waals surface area contributed by atoms with Crippen LogP contribution in [0.15, 0.2) is 12.1 Å². The molecule has 0 atom stereocenters. The number of carbonyl (C=O) groups is 1. The zero-order valence-electron chi connectivity index (χ0n) is 13.0. The zero-order chi connectivity index (χ0) is 16.5. The molecule has 8 nitrogen and oxygen atoms in total. The van der Waals surface area contributed by atoms with E-state index in [4.69, 9.17) is 24.4 Å². The van der Waals surface area contributed by atoms with Crippen molar-refractivity contribution >= 4 is 11.7 Å². The van der Waals surface area contributed by atoms with Gasteiger partial charge >= 0.3 is 6.03 Å². The van der Waals surface area contributed by atoms with Gasteiger partial charge in [0, 0.05) is 25.2 Å². The number of ether oxygens (including phenoxy) is 3. The van der Waals surface area contributed by atoms with Gasteiger partial charge < -0.3 is 34.6 Å². The van der Waals surface area contributed by atoms with Crippen molar-refractivity contribution in [3.8, 4) is 17.2 Å². The van der Waals surface area contributed by atoms with Crippen molar-refractivity contribution in [2.45, 2.75) is 0 Å². The van der Waals surface area contributed by atoms with E-state index in [0.29, 0.717) is 22.9 Å². The number of anilines is 1. The number of urea groups is 1. The quantitative estimate of drug-likeness (QED) is 0.647. The van der Waals surface area contributed by atoms with Crippen LogP contribution in [-0.2, 0) is 0 Å². The van der Waals surface area contributed by atoms with E-state index in [2.05, 4.69) is 5.32 Å². The van der Waals surface area contributed by atoms with Crippen LogP contribution in [-0.4, -0.2) is 68.8 Å². The Morgan fingerprint density at radius 3 is 1.91 bits per heavy atom. The molecule has 2 amide bonds. The summed E-state index contributed by atoms with van der Waals surface area (Å²) in [4.78, 5) is 13.4. The first-order chi connectivity index (χ1) is 10.6. The molecule has 0 aliphatic heterocycles. The summed E-state index contributed by atoms with van der Waals surface area (Å²) in [7, 11) is 4.45. The van der Waals surface area contributed by atoms with Gasteiger partial charge in [0.2, 0.25) is 5.75 Å². The number of nitrogens with zero attached hydrogens (tertiary/aromatic N) is 1. The van der Waals surface area contributed by atoms with Crippen LogP contribution in [0.3, 0.4) is 0 Å². The highest BCUT2D eigenvalue weighted by Gasteiger charge is 2.17. The van der Waals surface area contributed by atoms with Gasteiger partial charge in [-0.2, -0.15) is 0 Å². The van der Waals surface area contributed by atoms with E-state index in [1.807, 2.05) is 0 Å². The third-order valence-electron chi connectivity index (χ3n) is 2.94. The van der Waals surface area contributed by atoms with Gasteiger partial charge in [0.05, 0.1) is 40.2 Å². The van der Waals surface area contributed by atoms with Gasteiger partial charge in [-0.15, -0.1) is 0 Å². The number of rotatable bonds is 8. The fraction of sp³-hybridized carbons (Fsp3) is 0.500. The number of methoxy groups -OCH3 is 3. The Bertz CT molecular complexity index is 463. The predicted octanol–water partition coefficient (Wildman–Crippen LogP) is 0.531. The first-order valence-corrected chi connectivity index (χ1v) is 6.68. The van der Waals surface area contributed by atoms with E-state index in [9.17, 15) is 4.79 Å². The maximum atomic E-state index is 12.1. The summed E-state index contributed by atoms with van der Waals surface area (Å²) in [6, 6.07) is 2.74. The molecule has 0 saturated heterocycles. The van der Waals surface area contributed by atoms with Crippen molar-refractivity contribution in [3.05, 3.63) is 12.1 Å². The van der Waals surface area contributed by atoms with Crippen LogP contribution in [0.1, 0.15) is 0 Å². The molecule has 0 aliphatic rings. The number of hydrogen-bond acceptors (Lipinski definition) is 6. The Balaban J connectivity index is 2.99. The van der Waals surface area contributed by atoms with Crippen LogP contribution >= 0.6 is 0 Å². The summed E-state index contributed by atoms with van der Waals surface area (Å²) < 4.78 is 15.6. The Morgan fingerprint density at radius 1 is 1.05 bits per heavy atom. The lowest BCUT2D eigenvalue weighted by Gasteiger charge is -2.22. The topological polar surface area (TPSA) is 100 Å². The SMILES string of the molecule is COc1cc(NC(=O)N(CCO)CCO)cc(OC)c1OC. The second kappa shape index (κ2) is 8.96. The van der Waals surface area contributed by atoms with Crippen LogP contribution in [0.4, 0.5) is 10.5 Å². The molecule has 1 aromatic rings.